The van der Waals surface area contributed by atoms with E-state index in [1.165, 1.54) is 25.9 Å². The third kappa shape index (κ3) is 6.19. The standard InChI is InChI=1S/C14H31N/c1-7-13(8-2)9-15-10-14(11(3)4)12(5)6/h11-15H,7-10H2,1-6H3. The molecule has 0 aliphatic heterocycles. The lowest BCUT2D eigenvalue weighted by atomic mass is 9.85. The molecule has 0 saturated heterocycles. The summed E-state index contributed by atoms with van der Waals surface area (Å²) in [4.78, 5) is 0. The number of hydrogen-bond donors (Lipinski definition) is 1. The van der Waals surface area contributed by atoms with E-state index in [0.29, 0.717) is 0 Å². The lowest BCUT2D eigenvalue weighted by Crippen LogP contribution is -2.32. The highest BCUT2D eigenvalue weighted by Crippen LogP contribution is 2.19. The first-order valence-electron chi connectivity index (χ1n) is 6.73. The van der Waals surface area contributed by atoms with E-state index in [0.717, 1.165) is 23.7 Å². The van der Waals surface area contributed by atoms with Crippen LogP contribution in [0, 0.1) is 23.7 Å². The predicted octanol–water partition coefficient (Wildman–Crippen LogP) is 3.94. The topological polar surface area (TPSA) is 12.0 Å². The molecule has 0 rings (SSSR count). The zero-order valence-electron chi connectivity index (χ0n) is 11.6. The van der Waals surface area contributed by atoms with Gasteiger partial charge in [-0.3, -0.25) is 0 Å². The van der Waals surface area contributed by atoms with Gasteiger partial charge in [-0.05, 0) is 36.8 Å². The molecule has 0 amide bonds. The van der Waals surface area contributed by atoms with Crippen LogP contribution in [-0.2, 0) is 0 Å². The third-order valence-corrected chi connectivity index (χ3v) is 3.68. The predicted molar refractivity (Wildman–Crippen MR) is 70.1 cm³/mol. The Balaban J connectivity index is 3.80. The fourth-order valence-electron chi connectivity index (χ4n) is 2.27. The van der Waals surface area contributed by atoms with E-state index < -0.39 is 0 Å². The van der Waals surface area contributed by atoms with E-state index in [9.17, 15) is 0 Å². The van der Waals surface area contributed by atoms with Crippen LogP contribution in [0.15, 0.2) is 0 Å². The van der Waals surface area contributed by atoms with E-state index in [2.05, 4.69) is 46.9 Å². The maximum atomic E-state index is 3.65. The maximum absolute atomic E-state index is 3.65. The first kappa shape index (κ1) is 15.0. The molecule has 0 aliphatic rings. The Morgan fingerprint density at radius 2 is 1.27 bits per heavy atom. The molecule has 0 aromatic carbocycles. The molecule has 1 nitrogen and oxygen atoms in total. The van der Waals surface area contributed by atoms with Crippen molar-refractivity contribution in [3.05, 3.63) is 0 Å². The molecule has 0 saturated carbocycles. The largest absolute Gasteiger partial charge is 0.316 e. The number of nitrogens with one attached hydrogen (secondary N) is 1. The molecule has 0 aromatic rings. The zero-order valence-corrected chi connectivity index (χ0v) is 11.6. The van der Waals surface area contributed by atoms with E-state index in [4.69, 9.17) is 0 Å². The van der Waals surface area contributed by atoms with Crippen LogP contribution >= 0.6 is 0 Å². The number of rotatable bonds is 8. The maximum Gasteiger partial charge on any atom is -0.00155 e. The van der Waals surface area contributed by atoms with Crippen LogP contribution in [0.5, 0.6) is 0 Å². The fourth-order valence-corrected chi connectivity index (χ4v) is 2.27. The van der Waals surface area contributed by atoms with Crippen molar-refractivity contribution in [3.63, 3.8) is 0 Å². The van der Waals surface area contributed by atoms with Crippen LogP contribution in [0.25, 0.3) is 0 Å². The molecule has 0 aliphatic carbocycles. The van der Waals surface area contributed by atoms with Gasteiger partial charge in [-0.2, -0.15) is 0 Å². The van der Waals surface area contributed by atoms with Gasteiger partial charge < -0.3 is 5.32 Å². The highest BCUT2D eigenvalue weighted by atomic mass is 14.9. The van der Waals surface area contributed by atoms with Crippen LogP contribution in [0.2, 0.25) is 0 Å². The van der Waals surface area contributed by atoms with E-state index in [-0.39, 0.29) is 0 Å². The molecule has 0 atom stereocenters. The van der Waals surface area contributed by atoms with Gasteiger partial charge in [-0.25, -0.2) is 0 Å². The second-order valence-electron chi connectivity index (χ2n) is 5.49. The Labute approximate surface area is 97.0 Å². The smallest absolute Gasteiger partial charge is 0.00155 e. The molecule has 0 radical (unpaired) electrons. The molecule has 1 N–H and O–H groups in total. The summed E-state index contributed by atoms with van der Waals surface area (Å²) in [5.41, 5.74) is 0. The lowest BCUT2D eigenvalue weighted by molar-refractivity contribution is 0.268. The summed E-state index contributed by atoms with van der Waals surface area (Å²) >= 11 is 0. The molecule has 0 fully saturated rings. The second kappa shape index (κ2) is 8.15. The molecule has 0 bridgehead atoms. The highest BCUT2D eigenvalue weighted by Gasteiger charge is 2.17. The Morgan fingerprint density at radius 3 is 1.60 bits per heavy atom. The molecular formula is C14H31N. The van der Waals surface area contributed by atoms with Crippen LogP contribution in [0.4, 0.5) is 0 Å². The van der Waals surface area contributed by atoms with Gasteiger partial charge in [0.15, 0.2) is 0 Å². The van der Waals surface area contributed by atoms with Crippen molar-refractivity contribution in [1.29, 1.82) is 0 Å². The summed E-state index contributed by atoms with van der Waals surface area (Å²) in [7, 11) is 0. The van der Waals surface area contributed by atoms with Gasteiger partial charge in [0.25, 0.3) is 0 Å². The summed E-state index contributed by atoms with van der Waals surface area (Å²) < 4.78 is 0. The molecule has 92 valence electrons. The van der Waals surface area contributed by atoms with E-state index in [1.807, 2.05) is 0 Å². The summed E-state index contributed by atoms with van der Waals surface area (Å²) in [6.45, 7) is 16.3. The summed E-state index contributed by atoms with van der Waals surface area (Å²) in [5.74, 6) is 3.27. The molecule has 0 aromatic heterocycles. The molecule has 0 unspecified atom stereocenters. The first-order valence-corrected chi connectivity index (χ1v) is 6.73. The first-order chi connectivity index (χ1) is 7.02. The SMILES string of the molecule is CCC(CC)CNCC(C(C)C)C(C)C. The van der Waals surface area contributed by atoms with Crippen molar-refractivity contribution < 1.29 is 0 Å². The van der Waals surface area contributed by atoms with Gasteiger partial charge in [0.05, 0.1) is 0 Å². The summed E-state index contributed by atoms with van der Waals surface area (Å²) in [5, 5.41) is 3.65. The monoisotopic (exact) mass is 213 g/mol. The van der Waals surface area contributed by atoms with Crippen molar-refractivity contribution >= 4 is 0 Å². The Bertz CT molecular complexity index is 128. The van der Waals surface area contributed by atoms with Crippen LogP contribution in [-0.4, -0.2) is 13.1 Å². The number of hydrogen-bond acceptors (Lipinski definition) is 1. The van der Waals surface area contributed by atoms with Gasteiger partial charge in [-0.15, -0.1) is 0 Å². The van der Waals surface area contributed by atoms with Crippen molar-refractivity contribution in [2.24, 2.45) is 23.7 Å². The quantitative estimate of drug-likeness (QED) is 0.644. The Morgan fingerprint density at radius 1 is 0.800 bits per heavy atom. The van der Waals surface area contributed by atoms with Gasteiger partial charge >= 0.3 is 0 Å². The summed E-state index contributed by atoms with van der Waals surface area (Å²) in [6, 6.07) is 0. The fraction of sp³-hybridized carbons (Fsp3) is 1.00. The molecule has 15 heavy (non-hydrogen) atoms. The third-order valence-electron chi connectivity index (χ3n) is 3.68. The average molecular weight is 213 g/mol. The van der Waals surface area contributed by atoms with Crippen molar-refractivity contribution in [2.75, 3.05) is 13.1 Å². The molecular weight excluding hydrogens is 182 g/mol. The minimum Gasteiger partial charge on any atom is -0.316 e. The van der Waals surface area contributed by atoms with Gasteiger partial charge in [-0.1, -0.05) is 54.4 Å². The second-order valence-corrected chi connectivity index (χ2v) is 5.49. The van der Waals surface area contributed by atoms with Gasteiger partial charge in [0, 0.05) is 0 Å². The summed E-state index contributed by atoms with van der Waals surface area (Å²) in [6.07, 6.45) is 2.61. The van der Waals surface area contributed by atoms with E-state index >= 15 is 0 Å². The average Bonchev–Trinajstić information content (AvgIpc) is 2.17. The Hall–Kier alpha value is -0.0400. The lowest BCUT2D eigenvalue weighted by Gasteiger charge is -2.26. The molecule has 1 heteroatoms. The minimum absolute atomic E-state index is 0.791. The van der Waals surface area contributed by atoms with E-state index in [1.54, 1.807) is 0 Å². The van der Waals surface area contributed by atoms with Crippen molar-refractivity contribution in [2.45, 2.75) is 54.4 Å². The molecule has 0 heterocycles. The van der Waals surface area contributed by atoms with Gasteiger partial charge in [0.1, 0.15) is 0 Å². The van der Waals surface area contributed by atoms with Crippen LogP contribution < -0.4 is 5.32 Å². The van der Waals surface area contributed by atoms with Crippen LogP contribution in [0.1, 0.15) is 54.4 Å². The highest BCUT2D eigenvalue weighted by molar-refractivity contribution is 4.70. The van der Waals surface area contributed by atoms with Crippen LogP contribution in [0.3, 0.4) is 0 Å². The van der Waals surface area contributed by atoms with Crippen molar-refractivity contribution in [1.82, 2.24) is 5.32 Å². The van der Waals surface area contributed by atoms with Gasteiger partial charge in [0.2, 0.25) is 0 Å². The minimum atomic E-state index is 0.791. The Kier molecular flexibility index (Phi) is 8.13. The normalized spacial score (nSPS) is 12.4. The zero-order chi connectivity index (χ0) is 11.8. The molecule has 0 spiro atoms. The van der Waals surface area contributed by atoms with Crippen molar-refractivity contribution in [3.8, 4) is 0 Å².